The number of nitrogens with zero attached hydrogens (tertiary/aromatic N) is 1. The molecule has 260 valence electrons. The van der Waals surface area contributed by atoms with Crippen LogP contribution in [0.4, 0.5) is 10.7 Å². The first kappa shape index (κ1) is 36.5. The Balaban J connectivity index is 1.29. The van der Waals surface area contributed by atoms with E-state index in [-0.39, 0.29) is 23.6 Å². The number of thiophene rings is 1. The molecule has 0 fully saturated rings. The first-order valence-corrected chi connectivity index (χ1v) is 18.3. The smallest absolute Gasteiger partial charge is 0.341 e. The monoisotopic (exact) mass is 710 g/mol. The maximum Gasteiger partial charge on any atom is 0.341 e. The lowest BCUT2D eigenvalue weighted by atomic mass is 9.72. The molecule has 11 heteroatoms. The summed E-state index contributed by atoms with van der Waals surface area (Å²) in [5.41, 5.74) is 3.19. The largest absolute Gasteiger partial charge is 0.462 e. The summed E-state index contributed by atoms with van der Waals surface area (Å²) in [6.07, 6.45) is 7.39. The third-order valence-electron chi connectivity index (χ3n) is 8.50. The first-order chi connectivity index (χ1) is 23.9. The molecule has 0 saturated heterocycles. The van der Waals surface area contributed by atoms with Crippen LogP contribution in [0.25, 0.3) is 6.08 Å². The second-order valence-electron chi connectivity index (χ2n) is 13.1. The minimum absolute atomic E-state index is 0.0440. The van der Waals surface area contributed by atoms with E-state index in [1.165, 1.54) is 23.1 Å². The number of thioether (sulfide) groups is 1. The second-order valence-corrected chi connectivity index (χ2v) is 15.6. The summed E-state index contributed by atoms with van der Waals surface area (Å²) in [4.78, 5) is 59.1. The number of nitrogens with one attached hydrogen (secondary N) is 3. The number of anilines is 2. The second kappa shape index (κ2) is 16.3. The van der Waals surface area contributed by atoms with E-state index >= 15 is 0 Å². The molecular weight excluding hydrogens is 669 g/mol. The molecule has 0 radical (unpaired) electrons. The number of fused-ring (bicyclic) bond motifs is 1. The van der Waals surface area contributed by atoms with Crippen molar-refractivity contribution >= 4 is 63.6 Å². The van der Waals surface area contributed by atoms with Crippen LogP contribution in [0.1, 0.15) is 77.8 Å². The number of carbonyl (C=O) groups excluding carboxylic acids is 4. The number of aromatic nitrogens is 1. The zero-order valence-corrected chi connectivity index (χ0v) is 30.5. The highest BCUT2D eigenvalue weighted by Gasteiger charge is 2.35. The molecule has 2 heterocycles. The molecule has 2 aromatic heterocycles. The maximum atomic E-state index is 13.5. The van der Waals surface area contributed by atoms with E-state index in [1.54, 1.807) is 86.9 Å². The highest BCUT2D eigenvalue weighted by atomic mass is 32.2. The molecule has 0 aliphatic heterocycles. The van der Waals surface area contributed by atoms with Gasteiger partial charge in [-0.3, -0.25) is 19.4 Å². The van der Waals surface area contributed by atoms with Gasteiger partial charge in [0.1, 0.15) is 10.7 Å². The van der Waals surface area contributed by atoms with Gasteiger partial charge in [0, 0.05) is 33.4 Å². The van der Waals surface area contributed by atoms with Crippen LogP contribution in [0, 0.1) is 11.3 Å². The van der Waals surface area contributed by atoms with Crippen molar-refractivity contribution in [1.82, 2.24) is 10.3 Å². The SMILES string of the molecule is CCOC(=O)c1c(NC(=O)C(C)Sc2cccc(NC(=O)/C(=C/c3cccnc3)NC(=O)c3ccccc3)c2)sc2c1CCC(C(C)(C)C)C2. The topological polar surface area (TPSA) is 126 Å². The van der Waals surface area contributed by atoms with Crippen LogP contribution in [0.15, 0.2) is 89.7 Å². The summed E-state index contributed by atoms with van der Waals surface area (Å²) in [6.45, 7) is 10.6. The van der Waals surface area contributed by atoms with Gasteiger partial charge >= 0.3 is 5.97 Å². The molecule has 2 aromatic carbocycles. The summed E-state index contributed by atoms with van der Waals surface area (Å²) >= 11 is 2.80. The fourth-order valence-electron chi connectivity index (χ4n) is 5.72. The van der Waals surface area contributed by atoms with Crippen molar-refractivity contribution in [3.8, 4) is 0 Å². The number of ether oxygens (including phenoxy) is 1. The third kappa shape index (κ3) is 9.28. The molecule has 2 unspecified atom stereocenters. The Hall–Kier alpha value is -4.74. The molecule has 2 atom stereocenters. The summed E-state index contributed by atoms with van der Waals surface area (Å²) in [5, 5.41) is 8.64. The van der Waals surface area contributed by atoms with Crippen molar-refractivity contribution in [2.45, 2.75) is 64.0 Å². The van der Waals surface area contributed by atoms with Crippen molar-refractivity contribution in [1.29, 1.82) is 0 Å². The van der Waals surface area contributed by atoms with Crippen LogP contribution in [0.3, 0.4) is 0 Å². The lowest BCUT2D eigenvalue weighted by molar-refractivity contribution is -0.115. The molecule has 0 saturated carbocycles. The van der Waals surface area contributed by atoms with Crippen LogP contribution in [-0.2, 0) is 27.2 Å². The predicted octanol–water partition coefficient (Wildman–Crippen LogP) is 8.00. The zero-order valence-electron chi connectivity index (χ0n) is 28.9. The number of hydrogen-bond acceptors (Lipinski definition) is 8. The Kier molecular flexibility index (Phi) is 11.9. The Morgan fingerprint density at radius 2 is 1.82 bits per heavy atom. The summed E-state index contributed by atoms with van der Waals surface area (Å²) in [6, 6.07) is 19.3. The lowest BCUT2D eigenvalue weighted by Gasteiger charge is -2.33. The molecule has 50 heavy (non-hydrogen) atoms. The molecule has 3 amide bonds. The van der Waals surface area contributed by atoms with Crippen LogP contribution in [-0.4, -0.2) is 40.5 Å². The predicted molar refractivity (Wildman–Crippen MR) is 200 cm³/mol. The van der Waals surface area contributed by atoms with Gasteiger partial charge in [-0.1, -0.05) is 51.1 Å². The van der Waals surface area contributed by atoms with Gasteiger partial charge in [0.15, 0.2) is 0 Å². The van der Waals surface area contributed by atoms with Crippen molar-refractivity contribution in [2.24, 2.45) is 11.3 Å². The van der Waals surface area contributed by atoms with Crippen LogP contribution >= 0.6 is 23.1 Å². The molecule has 1 aliphatic carbocycles. The first-order valence-electron chi connectivity index (χ1n) is 16.6. The van der Waals surface area contributed by atoms with Crippen molar-refractivity contribution in [2.75, 3.05) is 17.2 Å². The Morgan fingerprint density at radius 3 is 2.52 bits per heavy atom. The Labute approximate surface area is 301 Å². The Morgan fingerprint density at radius 1 is 1.04 bits per heavy atom. The van der Waals surface area contributed by atoms with Crippen LogP contribution < -0.4 is 16.0 Å². The Bertz CT molecular complexity index is 1880. The minimum atomic E-state index is -0.524. The number of hydrogen-bond donors (Lipinski definition) is 3. The molecule has 0 spiro atoms. The van der Waals surface area contributed by atoms with E-state index < -0.39 is 23.0 Å². The van der Waals surface area contributed by atoms with Gasteiger partial charge in [-0.25, -0.2) is 4.79 Å². The number of rotatable bonds is 11. The minimum Gasteiger partial charge on any atom is -0.462 e. The third-order valence-corrected chi connectivity index (χ3v) is 10.8. The van der Waals surface area contributed by atoms with Gasteiger partial charge < -0.3 is 20.7 Å². The number of benzene rings is 2. The highest BCUT2D eigenvalue weighted by Crippen LogP contribution is 2.44. The molecule has 3 N–H and O–H groups in total. The average molecular weight is 711 g/mol. The lowest BCUT2D eigenvalue weighted by Crippen LogP contribution is -2.30. The molecule has 1 aliphatic rings. The summed E-state index contributed by atoms with van der Waals surface area (Å²) < 4.78 is 5.41. The fraction of sp³-hybridized carbons (Fsp3) is 0.308. The van der Waals surface area contributed by atoms with Crippen LogP contribution in [0.5, 0.6) is 0 Å². The van der Waals surface area contributed by atoms with E-state index in [2.05, 4.69) is 41.7 Å². The van der Waals surface area contributed by atoms with E-state index in [0.29, 0.717) is 33.3 Å². The van der Waals surface area contributed by atoms with Gasteiger partial charge in [-0.05, 0) is 98.0 Å². The van der Waals surface area contributed by atoms with Gasteiger partial charge in [-0.2, -0.15) is 0 Å². The van der Waals surface area contributed by atoms with Gasteiger partial charge in [0.2, 0.25) is 5.91 Å². The van der Waals surface area contributed by atoms with Crippen molar-refractivity contribution < 1.29 is 23.9 Å². The summed E-state index contributed by atoms with van der Waals surface area (Å²) in [5.74, 6) is -1.11. The van der Waals surface area contributed by atoms with Gasteiger partial charge in [-0.15, -0.1) is 23.1 Å². The fourth-order valence-corrected chi connectivity index (χ4v) is 7.96. The van der Waals surface area contributed by atoms with Gasteiger partial charge in [0.05, 0.1) is 17.4 Å². The van der Waals surface area contributed by atoms with Crippen LogP contribution in [0.2, 0.25) is 0 Å². The summed E-state index contributed by atoms with van der Waals surface area (Å²) in [7, 11) is 0. The number of amides is 3. The molecule has 5 rings (SSSR count). The zero-order chi connectivity index (χ0) is 35.8. The number of carbonyl (C=O) groups is 4. The normalized spacial score (nSPS) is 15.0. The highest BCUT2D eigenvalue weighted by molar-refractivity contribution is 8.00. The standard InChI is InChI=1S/C39H42N4O5S2/c1-6-48-38(47)33-30-18-17-27(39(3,4)5)21-32(30)50-37(33)43-34(44)24(2)49-29-16-10-15-28(22-29)41-36(46)31(20-25-12-11-19-40-23-25)42-35(45)26-13-8-7-9-14-26/h7-16,19-20,22-24,27H,6,17-18,21H2,1-5H3,(H,41,46)(H,42,45)(H,43,44)/b31-20-. The quantitative estimate of drug-likeness (QED) is 0.0818. The molecule has 0 bridgehead atoms. The van der Waals surface area contributed by atoms with E-state index in [1.807, 2.05) is 12.1 Å². The molecular formula is C39H42N4O5S2. The van der Waals surface area contributed by atoms with Crippen molar-refractivity contribution in [3.63, 3.8) is 0 Å². The number of esters is 1. The van der Waals surface area contributed by atoms with Crippen molar-refractivity contribution in [3.05, 3.63) is 112 Å². The maximum absolute atomic E-state index is 13.5. The van der Waals surface area contributed by atoms with E-state index in [4.69, 9.17) is 4.74 Å². The molecule has 9 nitrogen and oxygen atoms in total. The molecule has 4 aromatic rings. The number of pyridine rings is 1. The van der Waals surface area contributed by atoms with E-state index in [0.717, 1.165) is 34.6 Å². The van der Waals surface area contributed by atoms with E-state index in [9.17, 15) is 19.2 Å². The van der Waals surface area contributed by atoms with Gasteiger partial charge in [0.25, 0.3) is 11.8 Å². The average Bonchev–Trinajstić information content (AvgIpc) is 3.45.